The Hall–Kier alpha value is -1.27. The summed E-state index contributed by atoms with van der Waals surface area (Å²) < 4.78 is 5.41. The van der Waals surface area contributed by atoms with Gasteiger partial charge in [0, 0.05) is 18.3 Å². The predicted molar refractivity (Wildman–Crippen MR) is 53.0 cm³/mol. The highest BCUT2D eigenvalue weighted by molar-refractivity contribution is 7.07. The van der Waals surface area contributed by atoms with Crippen LogP contribution in [-0.4, -0.2) is 28.8 Å². The van der Waals surface area contributed by atoms with E-state index in [9.17, 15) is 0 Å². The van der Waals surface area contributed by atoms with E-state index in [1.54, 1.807) is 5.51 Å². The monoisotopic (exact) mass is 210 g/mol. The molecule has 0 aliphatic heterocycles. The number of aromatic nitrogens is 3. The molecule has 0 aromatic carbocycles. The lowest BCUT2D eigenvalue weighted by atomic mass is 10.4. The summed E-state index contributed by atoms with van der Waals surface area (Å²) >= 11 is 1.51. The summed E-state index contributed by atoms with van der Waals surface area (Å²) in [5.74, 6) is 1.14. The summed E-state index contributed by atoms with van der Waals surface area (Å²) in [6, 6.07) is 0. The second-order valence-electron chi connectivity index (χ2n) is 2.73. The highest BCUT2D eigenvalue weighted by atomic mass is 32.1. The molecule has 2 heterocycles. The molecule has 5 nitrogen and oxygen atoms in total. The van der Waals surface area contributed by atoms with E-state index in [0.29, 0.717) is 11.8 Å². The zero-order valence-electron chi connectivity index (χ0n) is 7.73. The van der Waals surface area contributed by atoms with Crippen molar-refractivity contribution in [2.24, 2.45) is 0 Å². The molecule has 0 radical (unpaired) electrons. The van der Waals surface area contributed by atoms with E-state index in [2.05, 4.69) is 20.5 Å². The molecule has 1 N–H and O–H groups in total. The van der Waals surface area contributed by atoms with Crippen molar-refractivity contribution in [1.82, 2.24) is 20.5 Å². The first-order valence-corrected chi connectivity index (χ1v) is 5.20. The van der Waals surface area contributed by atoms with Crippen molar-refractivity contribution in [2.45, 2.75) is 6.42 Å². The summed E-state index contributed by atoms with van der Waals surface area (Å²) in [7, 11) is 1.89. The SMILES string of the molecule is CNCCc1nnc(-c2cscn2)o1. The molecule has 0 spiro atoms. The molecule has 0 aliphatic rings. The first-order chi connectivity index (χ1) is 6.90. The first kappa shape index (κ1) is 9.29. The van der Waals surface area contributed by atoms with E-state index in [-0.39, 0.29) is 0 Å². The zero-order valence-corrected chi connectivity index (χ0v) is 8.54. The lowest BCUT2D eigenvalue weighted by Crippen LogP contribution is -2.10. The topological polar surface area (TPSA) is 63.8 Å². The molecule has 14 heavy (non-hydrogen) atoms. The van der Waals surface area contributed by atoms with Gasteiger partial charge in [0.25, 0.3) is 5.89 Å². The van der Waals surface area contributed by atoms with Gasteiger partial charge in [-0.3, -0.25) is 0 Å². The van der Waals surface area contributed by atoms with Gasteiger partial charge in [-0.1, -0.05) is 0 Å². The molecule has 6 heteroatoms. The number of rotatable bonds is 4. The molecule has 0 saturated carbocycles. The van der Waals surface area contributed by atoms with Gasteiger partial charge >= 0.3 is 0 Å². The van der Waals surface area contributed by atoms with E-state index >= 15 is 0 Å². The Labute approximate surface area is 85.2 Å². The van der Waals surface area contributed by atoms with Gasteiger partial charge in [-0.25, -0.2) is 4.98 Å². The van der Waals surface area contributed by atoms with Gasteiger partial charge in [0.05, 0.1) is 5.51 Å². The number of nitrogens with zero attached hydrogens (tertiary/aromatic N) is 3. The fourth-order valence-electron chi connectivity index (χ4n) is 1.01. The standard InChI is InChI=1S/C8H10N4OS/c1-9-3-2-7-11-12-8(13-7)6-4-14-5-10-6/h4-5,9H,2-3H2,1H3. The fourth-order valence-corrected chi connectivity index (χ4v) is 1.53. The highest BCUT2D eigenvalue weighted by Crippen LogP contribution is 2.16. The number of hydrogen-bond donors (Lipinski definition) is 1. The van der Waals surface area contributed by atoms with Gasteiger partial charge in [0.1, 0.15) is 5.69 Å². The van der Waals surface area contributed by atoms with Crippen LogP contribution in [0.25, 0.3) is 11.6 Å². The summed E-state index contributed by atoms with van der Waals surface area (Å²) in [5, 5.41) is 12.7. The molecule has 0 atom stereocenters. The smallest absolute Gasteiger partial charge is 0.267 e. The Balaban J connectivity index is 2.10. The van der Waals surface area contributed by atoms with Crippen LogP contribution in [0.15, 0.2) is 15.3 Å². The Morgan fingerprint density at radius 3 is 3.14 bits per heavy atom. The second-order valence-corrected chi connectivity index (χ2v) is 3.45. The predicted octanol–water partition coefficient (Wildman–Crippen LogP) is 0.955. The molecular weight excluding hydrogens is 200 g/mol. The molecule has 0 saturated heterocycles. The molecule has 2 aromatic rings. The van der Waals surface area contributed by atoms with E-state index in [0.717, 1.165) is 18.7 Å². The lowest BCUT2D eigenvalue weighted by Gasteiger charge is -1.91. The van der Waals surface area contributed by atoms with Gasteiger partial charge < -0.3 is 9.73 Å². The molecule has 0 aliphatic carbocycles. The van der Waals surface area contributed by atoms with Gasteiger partial charge in [-0.05, 0) is 7.05 Å². The van der Waals surface area contributed by atoms with Gasteiger partial charge in [-0.2, -0.15) is 0 Å². The second kappa shape index (κ2) is 4.30. The van der Waals surface area contributed by atoms with Gasteiger partial charge in [-0.15, -0.1) is 21.5 Å². The van der Waals surface area contributed by atoms with E-state index in [1.165, 1.54) is 11.3 Å². The molecule has 0 amide bonds. The van der Waals surface area contributed by atoms with Crippen LogP contribution in [-0.2, 0) is 6.42 Å². The first-order valence-electron chi connectivity index (χ1n) is 4.25. The summed E-state index contributed by atoms with van der Waals surface area (Å²) in [5.41, 5.74) is 2.49. The van der Waals surface area contributed by atoms with Crippen LogP contribution in [0.3, 0.4) is 0 Å². The van der Waals surface area contributed by atoms with Crippen molar-refractivity contribution in [3.8, 4) is 11.6 Å². The van der Waals surface area contributed by atoms with Crippen LogP contribution < -0.4 is 5.32 Å². The Bertz CT molecular complexity index is 384. The van der Waals surface area contributed by atoms with Crippen LogP contribution in [0.1, 0.15) is 5.89 Å². The normalized spacial score (nSPS) is 10.6. The maximum absolute atomic E-state index is 5.41. The summed E-state index contributed by atoms with van der Waals surface area (Å²) in [6.45, 7) is 0.832. The maximum Gasteiger partial charge on any atom is 0.267 e. The molecule has 2 aromatic heterocycles. The molecule has 0 bridgehead atoms. The minimum atomic E-state index is 0.498. The average molecular weight is 210 g/mol. The fraction of sp³-hybridized carbons (Fsp3) is 0.375. The van der Waals surface area contributed by atoms with Crippen LogP contribution >= 0.6 is 11.3 Å². The van der Waals surface area contributed by atoms with Crippen molar-refractivity contribution < 1.29 is 4.42 Å². The van der Waals surface area contributed by atoms with Gasteiger partial charge in [0.2, 0.25) is 5.89 Å². The van der Waals surface area contributed by atoms with Crippen LogP contribution in [0.2, 0.25) is 0 Å². The minimum absolute atomic E-state index is 0.498. The van der Waals surface area contributed by atoms with E-state index < -0.39 is 0 Å². The zero-order chi connectivity index (χ0) is 9.80. The van der Waals surface area contributed by atoms with Gasteiger partial charge in [0.15, 0.2) is 0 Å². The van der Waals surface area contributed by atoms with Crippen molar-refractivity contribution in [1.29, 1.82) is 0 Å². The third-order valence-electron chi connectivity index (χ3n) is 1.71. The quantitative estimate of drug-likeness (QED) is 0.814. The minimum Gasteiger partial charge on any atom is -0.419 e. The van der Waals surface area contributed by atoms with Crippen LogP contribution in [0, 0.1) is 0 Å². The van der Waals surface area contributed by atoms with E-state index in [1.807, 2.05) is 12.4 Å². The maximum atomic E-state index is 5.41. The van der Waals surface area contributed by atoms with Crippen molar-refractivity contribution >= 4 is 11.3 Å². The highest BCUT2D eigenvalue weighted by Gasteiger charge is 2.08. The van der Waals surface area contributed by atoms with Crippen molar-refractivity contribution in [3.05, 3.63) is 16.8 Å². The van der Waals surface area contributed by atoms with Crippen molar-refractivity contribution in [3.63, 3.8) is 0 Å². The number of nitrogens with one attached hydrogen (secondary N) is 1. The Kier molecular flexibility index (Phi) is 2.85. The summed E-state index contributed by atoms with van der Waals surface area (Å²) in [6.07, 6.45) is 0.744. The molecule has 2 rings (SSSR count). The Morgan fingerprint density at radius 1 is 1.50 bits per heavy atom. The third-order valence-corrected chi connectivity index (χ3v) is 2.29. The number of likely N-dealkylation sites (N-methyl/N-ethyl adjacent to an activating group) is 1. The molecule has 0 fully saturated rings. The van der Waals surface area contributed by atoms with E-state index in [4.69, 9.17) is 4.42 Å². The lowest BCUT2D eigenvalue weighted by molar-refractivity contribution is 0.499. The van der Waals surface area contributed by atoms with Crippen molar-refractivity contribution in [2.75, 3.05) is 13.6 Å². The van der Waals surface area contributed by atoms with Crippen LogP contribution in [0.5, 0.6) is 0 Å². The largest absolute Gasteiger partial charge is 0.419 e. The molecule has 0 unspecified atom stereocenters. The third kappa shape index (κ3) is 1.97. The number of thiazole rings is 1. The van der Waals surface area contributed by atoms with Crippen LogP contribution in [0.4, 0.5) is 0 Å². The summed E-state index contributed by atoms with van der Waals surface area (Å²) in [4.78, 5) is 4.09. The average Bonchev–Trinajstić information content (AvgIpc) is 2.85. The molecule has 74 valence electrons. The Morgan fingerprint density at radius 2 is 2.43 bits per heavy atom. The number of hydrogen-bond acceptors (Lipinski definition) is 6. The molecular formula is C8H10N4OS.